The van der Waals surface area contributed by atoms with Crippen LogP contribution in [0.1, 0.15) is 78.4 Å². The third-order valence-corrected chi connectivity index (χ3v) is 4.89. The summed E-state index contributed by atoms with van der Waals surface area (Å²) in [7, 11) is 0. The molecule has 4 aromatic rings. The summed E-state index contributed by atoms with van der Waals surface area (Å²) in [6.45, 7) is 16.9. The second-order valence-electron chi connectivity index (χ2n) is 7.48. The van der Waals surface area contributed by atoms with Crippen molar-refractivity contribution >= 4 is 21.5 Å². The lowest BCUT2D eigenvalue weighted by atomic mass is 9.96. The van der Waals surface area contributed by atoms with E-state index in [0.29, 0.717) is 11.8 Å². The maximum absolute atomic E-state index is 2.28. The first kappa shape index (κ1) is 25.4. The lowest BCUT2D eigenvalue weighted by Gasteiger charge is -2.08. The van der Waals surface area contributed by atoms with Gasteiger partial charge in [0, 0.05) is 0 Å². The van der Waals surface area contributed by atoms with Gasteiger partial charge in [-0.3, -0.25) is 0 Å². The van der Waals surface area contributed by atoms with Crippen molar-refractivity contribution in [2.24, 2.45) is 0 Å². The number of fused-ring (bicyclic) bond motifs is 2. The molecule has 0 fully saturated rings. The van der Waals surface area contributed by atoms with Gasteiger partial charge in [-0.2, -0.15) is 0 Å². The number of hydrogen-bond acceptors (Lipinski definition) is 0. The standard InChI is InChI=1S/2C13H14.2C2H6/c1-10(2)12-9-5-7-11-6-3-4-8-13(11)12;1-10(2)12-8-7-11-5-3-4-6-13(11)9-12;2*1-2/h2*3-10H,1-2H3;2*1-2H3. The monoisotopic (exact) mass is 400 g/mol. The van der Waals surface area contributed by atoms with Crippen LogP contribution in [0.2, 0.25) is 0 Å². The van der Waals surface area contributed by atoms with Gasteiger partial charge in [-0.05, 0) is 44.5 Å². The molecule has 0 radical (unpaired) electrons. The Bertz CT molecular complexity index is 981. The molecule has 0 spiro atoms. The molecule has 0 atom stereocenters. The van der Waals surface area contributed by atoms with Gasteiger partial charge < -0.3 is 0 Å². The van der Waals surface area contributed by atoms with Crippen molar-refractivity contribution in [3.05, 3.63) is 96.1 Å². The van der Waals surface area contributed by atoms with Gasteiger partial charge in [-0.15, -0.1) is 0 Å². The smallest absolute Gasteiger partial charge is 0.0149 e. The van der Waals surface area contributed by atoms with Crippen LogP contribution in [0.4, 0.5) is 0 Å². The highest BCUT2D eigenvalue weighted by Crippen LogP contribution is 2.24. The molecule has 4 rings (SSSR count). The number of rotatable bonds is 2. The Hall–Kier alpha value is -2.60. The van der Waals surface area contributed by atoms with E-state index in [1.807, 2.05) is 27.7 Å². The zero-order valence-corrected chi connectivity index (χ0v) is 20.2. The molecular formula is C30H40. The number of benzene rings is 4. The molecule has 0 unspecified atom stereocenters. The minimum atomic E-state index is 0.603. The fourth-order valence-electron chi connectivity index (χ4n) is 3.32. The Morgan fingerprint density at radius 1 is 0.467 bits per heavy atom. The molecule has 0 saturated carbocycles. The molecule has 0 heterocycles. The van der Waals surface area contributed by atoms with E-state index < -0.39 is 0 Å². The molecule has 0 aliphatic rings. The van der Waals surface area contributed by atoms with Gasteiger partial charge in [0.15, 0.2) is 0 Å². The van der Waals surface area contributed by atoms with Crippen LogP contribution in [0.5, 0.6) is 0 Å². The Labute approximate surface area is 185 Å². The zero-order valence-electron chi connectivity index (χ0n) is 20.2. The molecular weight excluding hydrogens is 360 g/mol. The van der Waals surface area contributed by atoms with Gasteiger partial charge in [0.05, 0.1) is 0 Å². The normalized spacial score (nSPS) is 9.93. The lowest BCUT2D eigenvalue weighted by molar-refractivity contribution is 0.869. The highest BCUT2D eigenvalue weighted by molar-refractivity contribution is 5.86. The van der Waals surface area contributed by atoms with E-state index in [2.05, 4.69) is 113 Å². The summed E-state index contributed by atoms with van der Waals surface area (Å²) in [4.78, 5) is 0. The first-order valence-corrected chi connectivity index (χ1v) is 11.5. The fourth-order valence-corrected chi connectivity index (χ4v) is 3.32. The molecule has 0 amide bonds. The molecule has 0 aromatic heterocycles. The molecule has 0 heteroatoms. The van der Waals surface area contributed by atoms with Crippen molar-refractivity contribution in [1.82, 2.24) is 0 Å². The second kappa shape index (κ2) is 13.6. The van der Waals surface area contributed by atoms with Crippen LogP contribution in [0, 0.1) is 0 Å². The van der Waals surface area contributed by atoms with E-state index in [0.717, 1.165) is 0 Å². The molecule has 0 aliphatic carbocycles. The van der Waals surface area contributed by atoms with Crippen molar-refractivity contribution in [3.8, 4) is 0 Å². The van der Waals surface area contributed by atoms with Crippen LogP contribution in [0.15, 0.2) is 84.9 Å². The van der Waals surface area contributed by atoms with Crippen LogP contribution < -0.4 is 0 Å². The molecule has 0 N–H and O–H groups in total. The first-order valence-electron chi connectivity index (χ1n) is 11.5. The Morgan fingerprint density at radius 3 is 1.60 bits per heavy atom. The predicted molar refractivity (Wildman–Crippen MR) is 139 cm³/mol. The first-order chi connectivity index (χ1) is 14.6. The Kier molecular flexibility index (Phi) is 11.5. The topological polar surface area (TPSA) is 0 Å². The van der Waals surface area contributed by atoms with E-state index in [9.17, 15) is 0 Å². The molecule has 0 aliphatic heterocycles. The van der Waals surface area contributed by atoms with E-state index >= 15 is 0 Å². The van der Waals surface area contributed by atoms with Crippen molar-refractivity contribution in [2.75, 3.05) is 0 Å². The van der Waals surface area contributed by atoms with Crippen LogP contribution in [-0.2, 0) is 0 Å². The van der Waals surface area contributed by atoms with Crippen molar-refractivity contribution in [3.63, 3.8) is 0 Å². The summed E-state index contributed by atoms with van der Waals surface area (Å²) in [6, 6.07) is 30.3. The lowest BCUT2D eigenvalue weighted by Crippen LogP contribution is -1.88. The van der Waals surface area contributed by atoms with Gasteiger partial charge in [-0.25, -0.2) is 0 Å². The summed E-state index contributed by atoms with van der Waals surface area (Å²) in [6.07, 6.45) is 0. The molecule has 0 saturated heterocycles. The highest BCUT2D eigenvalue weighted by Gasteiger charge is 2.02. The molecule has 0 nitrogen and oxygen atoms in total. The van der Waals surface area contributed by atoms with E-state index in [1.54, 1.807) is 0 Å². The summed E-state index contributed by atoms with van der Waals surface area (Å²) < 4.78 is 0. The number of hydrogen-bond donors (Lipinski definition) is 0. The van der Waals surface area contributed by atoms with Crippen molar-refractivity contribution in [1.29, 1.82) is 0 Å². The van der Waals surface area contributed by atoms with Crippen LogP contribution in [0.3, 0.4) is 0 Å². The summed E-state index contributed by atoms with van der Waals surface area (Å²) in [5.74, 6) is 1.22. The molecule has 30 heavy (non-hydrogen) atoms. The van der Waals surface area contributed by atoms with Gasteiger partial charge >= 0.3 is 0 Å². The third-order valence-electron chi connectivity index (χ3n) is 4.89. The van der Waals surface area contributed by atoms with Gasteiger partial charge in [0.1, 0.15) is 0 Å². The average Bonchev–Trinajstić information content (AvgIpc) is 2.81. The molecule has 4 aromatic carbocycles. The predicted octanol–water partition coefficient (Wildman–Crippen LogP) is 9.98. The van der Waals surface area contributed by atoms with Crippen LogP contribution in [-0.4, -0.2) is 0 Å². The molecule has 160 valence electrons. The summed E-state index contributed by atoms with van der Waals surface area (Å²) in [5.41, 5.74) is 2.86. The molecule has 0 bridgehead atoms. The van der Waals surface area contributed by atoms with E-state index in [4.69, 9.17) is 0 Å². The van der Waals surface area contributed by atoms with Crippen molar-refractivity contribution in [2.45, 2.75) is 67.2 Å². The average molecular weight is 401 g/mol. The van der Waals surface area contributed by atoms with Gasteiger partial charge in [0.2, 0.25) is 0 Å². The van der Waals surface area contributed by atoms with E-state index in [1.165, 1.54) is 32.7 Å². The third kappa shape index (κ3) is 7.02. The van der Waals surface area contributed by atoms with Gasteiger partial charge in [-0.1, -0.05) is 140 Å². The minimum Gasteiger partial charge on any atom is -0.0683 e. The van der Waals surface area contributed by atoms with Gasteiger partial charge in [0.25, 0.3) is 0 Å². The van der Waals surface area contributed by atoms with E-state index in [-0.39, 0.29) is 0 Å². The Morgan fingerprint density at radius 2 is 1.00 bits per heavy atom. The largest absolute Gasteiger partial charge is 0.0683 e. The van der Waals surface area contributed by atoms with Crippen LogP contribution >= 0.6 is 0 Å². The maximum Gasteiger partial charge on any atom is -0.0149 e. The van der Waals surface area contributed by atoms with Crippen molar-refractivity contribution < 1.29 is 0 Å². The zero-order chi connectivity index (χ0) is 22.5. The maximum atomic E-state index is 2.28. The quantitative estimate of drug-likeness (QED) is 0.314. The Balaban J connectivity index is 0.000000258. The second-order valence-corrected chi connectivity index (χ2v) is 7.48. The minimum absolute atomic E-state index is 0.603. The fraction of sp³-hybridized carbons (Fsp3) is 0.333. The van der Waals surface area contributed by atoms with Crippen LogP contribution in [0.25, 0.3) is 21.5 Å². The summed E-state index contributed by atoms with van der Waals surface area (Å²) >= 11 is 0. The SMILES string of the molecule is CC.CC.CC(C)c1ccc2ccccc2c1.CC(C)c1cccc2ccccc12. The summed E-state index contributed by atoms with van der Waals surface area (Å²) in [5, 5.41) is 5.40. The highest BCUT2D eigenvalue weighted by atomic mass is 14.1.